The molecule has 1 unspecified atom stereocenters. The van der Waals surface area contributed by atoms with Crippen molar-refractivity contribution in [2.45, 2.75) is 32.0 Å². The van der Waals surface area contributed by atoms with E-state index < -0.39 is 29.8 Å². The summed E-state index contributed by atoms with van der Waals surface area (Å²) in [5.41, 5.74) is -0.691. The Morgan fingerprint density at radius 2 is 2.04 bits per heavy atom. The molecular weight excluding hydrogens is 363 g/mol. The number of hydrogen-bond donors (Lipinski definition) is 2. The van der Waals surface area contributed by atoms with E-state index in [2.05, 4.69) is 10.6 Å². The molecule has 1 aliphatic rings. The van der Waals surface area contributed by atoms with Gasteiger partial charge in [0.15, 0.2) is 0 Å². The van der Waals surface area contributed by atoms with E-state index in [4.69, 9.17) is 4.74 Å². The van der Waals surface area contributed by atoms with Crippen molar-refractivity contribution >= 4 is 11.9 Å². The van der Waals surface area contributed by atoms with Crippen LogP contribution in [0.2, 0.25) is 0 Å². The van der Waals surface area contributed by atoms with Gasteiger partial charge in [0, 0.05) is 19.6 Å². The fourth-order valence-corrected chi connectivity index (χ4v) is 2.86. The minimum atomic E-state index is -4.48. The van der Waals surface area contributed by atoms with Crippen molar-refractivity contribution < 1.29 is 27.5 Å². The van der Waals surface area contributed by atoms with Crippen LogP contribution in [0.4, 0.5) is 18.0 Å². The molecule has 1 atom stereocenters. The highest BCUT2D eigenvalue weighted by molar-refractivity contribution is 5.95. The van der Waals surface area contributed by atoms with Crippen LogP contribution in [0.15, 0.2) is 24.3 Å². The van der Waals surface area contributed by atoms with E-state index in [1.165, 1.54) is 18.2 Å². The number of alkyl halides is 3. The van der Waals surface area contributed by atoms with E-state index >= 15 is 0 Å². The third-order valence-corrected chi connectivity index (χ3v) is 4.20. The Morgan fingerprint density at radius 1 is 1.30 bits per heavy atom. The van der Waals surface area contributed by atoms with Crippen LogP contribution in [-0.4, -0.2) is 49.6 Å². The van der Waals surface area contributed by atoms with Crippen molar-refractivity contribution in [3.05, 3.63) is 35.4 Å². The predicted octanol–water partition coefficient (Wildman–Crippen LogP) is 2.70. The largest absolute Gasteiger partial charge is 0.416 e. The van der Waals surface area contributed by atoms with Crippen molar-refractivity contribution in [3.8, 4) is 0 Å². The van der Waals surface area contributed by atoms with Crippen LogP contribution in [-0.2, 0) is 15.7 Å². The standard InChI is InChI=1S/C18H24F3N3O3/c1-2-3-8-22-17(26)23-16(25)12-24-9-10-27-15(11-24)13-6-4-5-7-14(13)18(19,20)21/h4-7,15H,2-3,8-12H2,1H3,(H2,22,23,25,26). The quantitative estimate of drug-likeness (QED) is 0.737. The van der Waals surface area contributed by atoms with Crippen LogP contribution < -0.4 is 10.6 Å². The molecule has 1 aromatic rings. The van der Waals surface area contributed by atoms with E-state index in [0.717, 1.165) is 18.9 Å². The SMILES string of the molecule is CCCCNC(=O)NC(=O)CN1CCOC(c2ccccc2C(F)(F)F)C1. The molecule has 27 heavy (non-hydrogen) atoms. The Balaban J connectivity index is 1.93. The molecular formula is C18H24F3N3O3. The minimum Gasteiger partial charge on any atom is -0.371 e. The Labute approximate surface area is 156 Å². The second-order valence-electron chi connectivity index (χ2n) is 6.34. The van der Waals surface area contributed by atoms with Crippen molar-refractivity contribution in [1.82, 2.24) is 15.5 Å². The number of imide groups is 1. The molecule has 9 heteroatoms. The number of carbonyl (C=O) groups is 2. The monoisotopic (exact) mass is 387 g/mol. The number of nitrogens with zero attached hydrogens (tertiary/aromatic N) is 1. The summed E-state index contributed by atoms with van der Waals surface area (Å²) in [5.74, 6) is -0.506. The maximum absolute atomic E-state index is 13.2. The fraction of sp³-hybridized carbons (Fsp3) is 0.556. The zero-order valence-electron chi connectivity index (χ0n) is 15.1. The number of carbonyl (C=O) groups excluding carboxylic acids is 2. The van der Waals surface area contributed by atoms with E-state index in [0.29, 0.717) is 13.1 Å². The van der Waals surface area contributed by atoms with Gasteiger partial charge in [0.2, 0.25) is 5.91 Å². The molecule has 0 saturated carbocycles. The lowest BCUT2D eigenvalue weighted by atomic mass is 10.0. The number of ether oxygens (including phenoxy) is 1. The molecule has 1 heterocycles. The van der Waals surface area contributed by atoms with Gasteiger partial charge in [-0.05, 0) is 18.1 Å². The summed E-state index contributed by atoms with van der Waals surface area (Å²) in [6.45, 7) is 3.11. The Morgan fingerprint density at radius 3 is 2.74 bits per heavy atom. The highest BCUT2D eigenvalue weighted by Gasteiger charge is 2.36. The van der Waals surface area contributed by atoms with Crippen LogP contribution in [0.3, 0.4) is 0 Å². The number of hydrogen-bond acceptors (Lipinski definition) is 4. The molecule has 1 aromatic carbocycles. The van der Waals surface area contributed by atoms with Crippen molar-refractivity contribution in [2.75, 3.05) is 32.8 Å². The van der Waals surface area contributed by atoms with E-state index in [1.807, 2.05) is 6.92 Å². The first kappa shape index (κ1) is 21.2. The lowest BCUT2D eigenvalue weighted by Gasteiger charge is -2.33. The summed E-state index contributed by atoms with van der Waals surface area (Å²) < 4.78 is 45.1. The number of amides is 3. The Hall–Kier alpha value is -2.13. The molecule has 0 bridgehead atoms. The highest BCUT2D eigenvalue weighted by atomic mass is 19.4. The first-order chi connectivity index (χ1) is 12.8. The van der Waals surface area contributed by atoms with Gasteiger partial charge in [-0.15, -0.1) is 0 Å². The molecule has 0 spiro atoms. The normalized spacial score (nSPS) is 18.1. The number of halogens is 3. The second-order valence-corrected chi connectivity index (χ2v) is 6.34. The van der Waals surface area contributed by atoms with Gasteiger partial charge in [0.25, 0.3) is 0 Å². The number of unbranched alkanes of at least 4 members (excludes halogenated alkanes) is 1. The van der Waals surface area contributed by atoms with Crippen LogP contribution in [0.25, 0.3) is 0 Å². The lowest BCUT2D eigenvalue weighted by molar-refractivity contribution is -0.141. The second kappa shape index (κ2) is 9.70. The van der Waals surface area contributed by atoms with E-state index in [1.54, 1.807) is 4.90 Å². The van der Waals surface area contributed by atoms with Crippen molar-refractivity contribution in [2.24, 2.45) is 0 Å². The van der Waals surface area contributed by atoms with Crippen LogP contribution in [0, 0.1) is 0 Å². The van der Waals surface area contributed by atoms with Gasteiger partial charge in [0.05, 0.1) is 24.8 Å². The number of nitrogens with one attached hydrogen (secondary N) is 2. The molecule has 150 valence electrons. The topological polar surface area (TPSA) is 70.7 Å². The molecule has 2 rings (SSSR count). The molecule has 1 aliphatic heterocycles. The molecule has 0 aliphatic carbocycles. The lowest BCUT2D eigenvalue weighted by Crippen LogP contribution is -2.48. The van der Waals surface area contributed by atoms with Crippen molar-refractivity contribution in [1.29, 1.82) is 0 Å². The zero-order chi connectivity index (χ0) is 19.9. The summed E-state index contributed by atoms with van der Waals surface area (Å²) in [7, 11) is 0. The summed E-state index contributed by atoms with van der Waals surface area (Å²) in [6, 6.07) is 4.70. The highest BCUT2D eigenvalue weighted by Crippen LogP contribution is 2.36. The fourth-order valence-electron chi connectivity index (χ4n) is 2.86. The maximum Gasteiger partial charge on any atom is 0.416 e. The molecule has 0 aromatic heterocycles. The molecule has 2 N–H and O–H groups in total. The number of morpholine rings is 1. The minimum absolute atomic E-state index is 0.0485. The molecule has 6 nitrogen and oxygen atoms in total. The summed E-state index contributed by atoms with van der Waals surface area (Å²) in [5, 5.41) is 4.80. The van der Waals surface area contributed by atoms with Gasteiger partial charge in [-0.25, -0.2) is 4.79 Å². The van der Waals surface area contributed by atoms with Crippen LogP contribution in [0.5, 0.6) is 0 Å². The Kier molecular flexibility index (Phi) is 7.61. The summed E-state index contributed by atoms with van der Waals surface area (Å²) >= 11 is 0. The first-order valence-electron chi connectivity index (χ1n) is 8.89. The first-order valence-corrected chi connectivity index (χ1v) is 8.89. The van der Waals surface area contributed by atoms with Gasteiger partial charge >= 0.3 is 12.2 Å². The molecule has 1 fully saturated rings. The number of rotatable bonds is 6. The van der Waals surface area contributed by atoms with E-state index in [-0.39, 0.29) is 25.3 Å². The zero-order valence-corrected chi connectivity index (χ0v) is 15.1. The maximum atomic E-state index is 13.2. The average molecular weight is 387 g/mol. The van der Waals surface area contributed by atoms with Gasteiger partial charge in [0.1, 0.15) is 0 Å². The van der Waals surface area contributed by atoms with E-state index in [9.17, 15) is 22.8 Å². The van der Waals surface area contributed by atoms with Crippen LogP contribution >= 0.6 is 0 Å². The Bertz CT molecular complexity index is 652. The third-order valence-electron chi connectivity index (χ3n) is 4.20. The van der Waals surface area contributed by atoms with Gasteiger partial charge in [-0.2, -0.15) is 13.2 Å². The average Bonchev–Trinajstić information content (AvgIpc) is 2.61. The van der Waals surface area contributed by atoms with Crippen LogP contribution in [0.1, 0.15) is 37.0 Å². The number of benzene rings is 1. The number of urea groups is 1. The van der Waals surface area contributed by atoms with Gasteiger partial charge in [-0.1, -0.05) is 31.5 Å². The molecule has 1 saturated heterocycles. The smallest absolute Gasteiger partial charge is 0.371 e. The van der Waals surface area contributed by atoms with Gasteiger partial charge < -0.3 is 10.1 Å². The van der Waals surface area contributed by atoms with Crippen molar-refractivity contribution in [3.63, 3.8) is 0 Å². The summed E-state index contributed by atoms with van der Waals surface area (Å²) in [4.78, 5) is 25.3. The summed E-state index contributed by atoms with van der Waals surface area (Å²) in [6.07, 6.45) is -3.53. The molecule has 0 radical (unpaired) electrons. The predicted molar refractivity (Wildman–Crippen MR) is 93.0 cm³/mol. The third kappa shape index (κ3) is 6.51. The van der Waals surface area contributed by atoms with Gasteiger partial charge in [-0.3, -0.25) is 15.0 Å². The molecule has 3 amide bonds.